The van der Waals surface area contributed by atoms with Crippen molar-refractivity contribution in [3.8, 4) is 11.4 Å². The number of allylic oxidation sites excluding steroid dienone is 1. The van der Waals surface area contributed by atoms with Crippen LogP contribution in [0.4, 0.5) is 0 Å². The van der Waals surface area contributed by atoms with Crippen molar-refractivity contribution in [2.24, 2.45) is 7.05 Å². The summed E-state index contributed by atoms with van der Waals surface area (Å²) in [7, 11) is 1.99. The highest BCUT2D eigenvalue weighted by atomic mass is 35.5. The van der Waals surface area contributed by atoms with Crippen LogP contribution in [0.2, 0.25) is 5.02 Å². The highest BCUT2D eigenvalue weighted by Crippen LogP contribution is 2.25. The van der Waals surface area contributed by atoms with Crippen LogP contribution in [0, 0.1) is 0 Å². The molecule has 3 rings (SSSR count). The fourth-order valence-corrected chi connectivity index (χ4v) is 2.31. The van der Waals surface area contributed by atoms with Gasteiger partial charge >= 0.3 is 0 Å². The first kappa shape index (κ1) is 12.0. The Kier molecular flexibility index (Phi) is 2.87. The third-order valence-corrected chi connectivity index (χ3v) is 3.29. The molecule has 0 spiro atoms. The van der Waals surface area contributed by atoms with Gasteiger partial charge in [0.25, 0.3) is 0 Å². The van der Waals surface area contributed by atoms with E-state index in [1.807, 2.05) is 53.0 Å². The monoisotopic (exact) mass is 272 g/mol. The minimum Gasteiger partial charge on any atom is -0.327 e. The summed E-state index contributed by atoms with van der Waals surface area (Å²) in [6, 6.07) is 5.72. The summed E-state index contributed by atoms with van der Waals surface area (Å²) in [4.78, 5) is 4.62. The molecule has 0 radical (unpaired) electrons. The number of benzene rings is 1. The molecule has 0 aliphatic heterocycles. The summed E-state index contributed by atoms with van der Waals surface area (Å²) in [5, 5.41) is 4.97. The predicted octanol–water partition coefficient (Wildman–Crippen LogP) is 3.28. The Morgan fingerprint density at radius 3 is 3.05 bits per heavy atom. The first-order valence-electron chi connectivity index (χ1n) is 5.95. The first-order valence-corrected chi connectivity index (χ1v) is 6.32. The number of halogens is 1. The number of imidazole rings is 1. The largest absolute Gasteiger partial charge is 0.327 e. The van der Waals surface area contributed by atoms with Gasteiger partial charge in [-0.25, -0.2) is 4.98 Å². The van der Waals surface area contributed by atoms with Crippen LogP contribution in [0.1, 0.15) is 0 Å². The van der Waals surface area contributed by atoms with Gasteiger partial charge in [-0.3, -0.25) is 4.68 Å². The second kappa shape index (κ2) is 4.55. The molecule has 0 unspecified atom stereocenters. The zero-order valence-corrected chi connectivity index (χ0v) is 11.3. The van der Waals surface area contributed by atoms with Gasteiger partial charge in [0.05, 0.1) is 29.3 Å². The van der Waals surface area contributed by atoms with Crippen molar-refractivity contribution in [2.75, 3.05) is 0 Å². The van der Waals surface area contributed by atoms with E-state index < -0.39 is 0 Å². The van der Waals surface area contributed by atoms with E-state index >= 15 is 0 Å². The topological polar surface area (TPSA) is 35.6 Å². The van der Waals surface area contributed by atoms with Crippen LogP contribution in [0.3, 0.4) is 0 Å². The highest BCUT2D eigenvalue weighted by molar-refractivity contribution is 6.31. The number of aryl methyl sites for hydroxylation is 1. The summed E-state index contributed by atoms with van der Waals surface area (Å²) >= 11 is 5.99. The van der Waals surface area contributed by atoms with Crippen LogP contribution in [0.5, 0.6) is 0 Å². The van der Waals surface area contributed by atoms with Crippen LogP contribution in [0.25, 0.3) is 22.4 Å². The fraction of sp³-hybridized carbons (Fsp3) is 0.143. The predicted molar refractivity (Wildman–Crippen MR) is 77.1 cm³/mol. The minimum atomic E-state index is 0.690. The highest BCUT2D eigenvalue weighted by Gasteiger charge is 2.11. The van der Waals surface area contributed by atoms with E-state index in [0.29, 0.717) is 11.6 Å². The van der Waals surface area contributed by atoms with E-state index in [4.69, 9.17) is 11.6 Å². The summed E-state index contributed by atoms with van der Waals surface area (Å²) in [5.41, 5.74) is 2.93. The summed E-state index contributed by atoms with van der Waals surface area (Å²) in [5.74, 6) is 0.882. The lowest BCUT2D eigenvalue weighted by molar-refractivity contribution is 0.703. The van der Waals surface area contributed by atoms with E-state index in [2.05, 4.69) is 16.7 Å². The van der Waals surface area contributed by atoms with Gasteiger partial charge in [0, 0.05) is 18.3 Å². The second-order valence-electron chi connectivity index (χ2n) is 4.37. The molecule has 0 amide bonds. The van der Waals surface area contributed by atoms with Crippen molar-refractivity contribution < 1.29 is 0 Å². The molecule has 1 aromatic carbocycles. The average Bonchev–Trinajstić information content (AvgIpc) is 2.95. The van der Waals surface area contributed by atoms with Crippen LogP contribution in [-0.4, -0.2) is 19.3 Å². The maximum absolute atomic E-state index is 5.99. The molecule has 0 atom stereocenters. The molecule has 0 aliphatic carbocycles. The maximum Gasteiger partial charge on any atom is 0.144 e. The minimum absolute atomic E-state index is 0.690. The van der Waals surface area contributed by atoms with Gasteiger partial charge in [0.1, 0.15) is 5.82 Å². The van der Waals surface area contributed by atoms with Gasteiger partial charge in [-0.1, -0.05) is 17.7 Å². The molecule has 2 heterocycles. The molecule has 0 bridgehead atoms. The molecule has 5 heteroatoms. The van der Waals surface area contributed by atoms with Crippen molar-refractivity contribution in [1.29, 1.82) is 0 Å². The van der Waals surface area contributed by atoms with Gasteiger partial charge < -0.3 is 4.57 Å². The number of aromatic nitrogens is 4. The third kappa shape index (κ3) is 2.04. The van der Waals surface area contributed by atoms with Crippen LogP contribution < -0.4 is 0 Å². The van der Waals surface area contributed by atoms with E-state index in [-0.39, 0.29) is 0 Å². The molecule has 0 fully saturated rings. The number of fused-ring (bicyclic) bond motifs is 1. The Labute approximate surface area is 115 Å². The molecule has 96 valence electrons. The third-order valence-electron chi connectivity index (χ3n) is 3.05. The van der Waals surface area contributed by atoms with Gasteiger partial charge in [-0.15, -0.1) is 6.58 Å². The number of rotatable bonds is 3. The second-order valence-corrected chi connectivity index (χ2v) is 4.80. The Bertz CT molecular complexity index is 754. The van der Waals surface area contributed by atoms with Crippen molar-refractivity contribution in [3.05, 3.63) is 48.3 Å². The molecular formula is C14H13ClN4. The maximum atomic E-state index is 5.99. The van der Waals surface area contributed by atoms with Gasteiger partial charge in [-0.2, -0.15) is 5.10 Å². The number of hydrogen-bond donors (Lipinski definition) is 0. The van der Waals surface area contributed by atoms with Crippen LogP contribution in [-0.2, 0) is 13.6 Å². The molecule has 2 aromatic heterocycles. The van der Waals surface area contributed by atoms with Crippen molar-refractivity contribution in [1.82, 2.24) is 19.3 Å². The van der Waals surface area contributed by atoms with Gasteiger partial charge in [0.15, 0.2) is 0 Å². The molecule has 0 N–H and O–H groups in total. The van der Waals surface area contributed by atoms with E-state index in [1.165, 1.54) is 0 Å². The fourth-order valence-electron chi connectivity index (χ4n) is 2.14. The number of nitrogens with zero attached hydrogens (tertiary/aromatic N) is 4. The molecule has 0 aliphatic rings. The summed E-state index contributed by atoms with van der Waals surface area (Å²) in [6.45, 7) is 4.39. The molecule has 0 saturated carbocycles. The lowest BCUT2D eigenvalue weighted by atomic mass is 10.3. The van der Waals surface area contributed by atoms with Gasteiger partial charge in [-0.05, 0) is 18.2 Å². The Balaban J connectivity index is 2.13. The molecular weight excluding hydrogens is 260 g/mol. The molecule has 0 saturated heterocycles. The van der Waals surface area contributed by atoms with Crippen molar-refractivity contribution >= 4 is 22.6 Å². The number of hydrogen-bond acceptors (Lipinski definition) is 2. The van der Waals surface area contributed by atoms with E-state index in [1.54, 1.807) is 0 Å². The van der Waals surface area contributed by atoms with Crippen molar-refractivity contribution in [3.63, 3.8) is 0 Å². The molecule has 4 nitrogen and oxygen atoms in total. The zero-order valence-electron chi connectivity index (χ0n) is 10.5. The van der Waals surface area contributed by atoms with E-state index in [9.17, 15) is 0 Å². The lowest BCUT2D eigenvalue weighted by Crippen LogP contribution is -1.94. The quantitative estimate of drug-likeness (QED) is 0.686. The summed E-state index contributed by atoms with van der Waals surface area (Å²) in [6.07, 6.45) is 5.59. The standard InChI is InChI=1S/C14H13ClN4/c1-3-6-19-9-10(8-16-19)14-17-12-7-11(15)4-5-13(12)18(14)2/h3-5,7-9H,1,6H2,2H3. The Morgan fingerprint density at radius 2 is 2.26 bits per heavy atom. The van der Waals surface area contributed by atoms with Crippen molar-refractivity contribution in [2.45, 2.75) is 6.54 Å². The van der Waals surface area contributed by atoms with Crippen LogP contribution in [0.15, 0.2) is 43.2 Å². The molecule has 19 heavy (non-hydrogen) atoms. The molecule has 3 aromatic rings. The SMILES string of the molecule is C=CCn1cc(-c2nc3cc(Cl)ccc3n2C)cn1. The lowest BCUT2D eigenvalue weighted by Gasteiger charge is -1.99. The smallest absolute Gasteiger partial charge is 0.144 e. The Hall–Kier alpha value is -2.07. The summed E-state index contributed by atoms with van der Waals surface area (Å²) < 4.78 is 3.87. The average molecular weight is 273 g/mol. The van der Waals surface area contributed by atoms with Gasteiger partial charge in [0.2, 0.25) is 0 Å². The zero-order chi connectivity index (χ0) is 13.4. The van der Waals surface area contributed by atoms with E-state index in [0.717, 1.165) is 22.4 Å². The normalized spacial score (nSPS) is 11.1. The van der Waals surface area contributed by atoms with Crippen LogP contribution >= 0.6 is 11.6 Å². The Morgan fingerprint density at radius 1 is 1.42 bits per heavy atom. The first-order chi connectivity index (χ1) is 9.19.